The maximum atomic E-state index is 12.4. The highest BCUT2D eigenvalue weighted by Gasteiger charge is 2.31. The van der Waals surface area contributed by atoms with E-state index in [1.54, 1.807) is 13.8 Å². The molecule has 13 heteroatoms. The first-order valence-corrected chi connectivity index (χ1v) is 12.0. The topological polar surface area (TPSA) is 83.3 Å². The van der Waals surface area contributed by atoms with E-state index in [9.17, 15) is 31.1 Å². The molecule has 2 heterocycles. The average Bonchev–Trinajstić information content (AvgIpc) is 3.41. The van der Waals surface area contributed by atoms with Crippen molar-refractivity contribution in [3.63, 3.8) is 0 Å². The fourth-order valence-electron chi connectivity index (χ4n) is 3.02. The molecule has 0 bridgehead atoms. The zero-order valence-electron chi connectivity index (χ0n) is 19.1. The molecule has 2 aromatic heterocycles. The van der Waals surface area contributed by atoms with Crippen molar-refractivity contribution in [3.8, 4) is 21.1 Å². The van der Waals surface area contributed by atoms with Gasteiger partial charge in [0, 0.05) is 11.1 Å². The molecule has 0 fully saturated rings. The van der Waals surface area contributed by atoms with Crippen LogP contribution in [0, 0.1) is 13.8 Å². The molecule has 0 radical (unpaired) electrons. The minimum atomic E-state index is -4.39. The molecule has 0 aliphatic rings. The van der Waals surface area contributed by atoms with E-state index in [1.807, 2.05) is 0 Å². The van der Waals surface area contributed by atoms with Crippen LogP contribution in [0.3, 0.4) is 0 Å². The van der Waals surface area contributed by atoms with Crippen molar-refractivity contribution in [2.24, 2.45) is 0 Å². The second kappa shape index (κ2) is 12.0. The molecule has 38 heavy (non-hydrogen) atoms. The van der Waals surface area contributed by atoms with Crippen molar-refractivity contribution < 1.29 is 41.4 Å². The normalized spacial score (nSPS) is 11.4. The minimum absolute atomic E-state index is 0. The van der Waals surface area contributed by atoms with E-state index in [0.29, 0.717) is 32.5 Å². The number of aromatic carboxylic acids is 1. The van der Waals surface area contributed by atoms with Gasteiger partial charge in [-0.3, -0.25) is 0 Å². The quantitative estimate of drug-likeness (QED) is 0.240. The molecule has 2 aromatic carbocycles. The summed E-state index contributed by atoms with van der Waals surface area (Å²) in [5.41, 5.74) is 0.721. The number of aryl methyl sites for hydroxylation is 2. The van der Waals surface area contributed by atoms with Gasteiger partial charge in [-0.2, -0.15) is 26.3 Å². The number of alkyl halides is 6. The summed E-state index contributed by atoms with van der Waals surface area (Å²) in [7, 11) is 0. The number of halogens is 6. The van der Waals surface area contributed by atoms with E-state index in [-0.39, 0.29) is 18.9 Å². The Balaban J connectivity index is 0.000000260. The zero-order valence-corrected chi connectivity index (χ0v) is 20.7. The van der Waals surface area contributed by atoms with Gasteiger partial charge in [0.2, 0.25) is 0 Å². The summed E-state index contributed by atoms with van der Waals surface area (Å²) in [4.78, 5) is 20.0. The number of nitrogens with zero attached hydrogens (tertiary/aromatic N) is 2. The Hall–Kier alpha value is -3.29. The van der Waals surface area contributed by atoms with Crippen molar-refractivity contribution in [3.05, 3.63) is 80.8 Å². The fourth-order valence-corrected chi connectivity index (χ4v) is 4.86. The van der Waals surface area contributed by atoms with Crippen LogP contribution in [0.15, 0.2) is 48.5 Å². The third-order valence-corrected chi connectivity index (χ3v) is 7.33. The van der Waals surface area contributed by atoms with Gasteiger partial charge in [0.1, 0.15) is 14.9 Å². The van der Waals surface area contributed by atoms with Crippen molar-refractivity contribution in [2.75, 3.05) is 0 Å². The van der Waals surface area contributed by atoms with Crippen LogP contribution in [-0.2, 0) is 19.0 Å². The smallest absolute Gasteiger partial charge is 0.416 e. The SMILES string of the molecule is C.Cc1nc(-c2ccc(C(F)(F)F)cc2)sc1C(=O)O.Cc1nc(-c2ccc(C(F)(F)F)cc2)sc1CO. The molecule has 204 valence electrons. The Morgan fingerprint density at radius 2 is 1.16 bits per heavy atom. The van der Waals surface area contributed by atoms with E-state index in [4.69, 9.17) is 10.2 Å². The molecular formula is C25H22F6N2O3S2. The van der Waals surface area contributed by atoms with Crippen LogP contribution in [0.1, 0.15) is 44.5 Å². The molecule has 5 nitrogen and oxygen atoms in total. The number of aromatic nitrogens is 2. The summed E-state index contributed by atoms with van der Waals surface area (Å²) in [5, 5.41) is 19.0. The van der Waals surface area contributed by atoms with Crippen molar-refractivity contribution in [1.82, 2.24) is 9.97 Å². The minimum Gasteiger partial charge on any atom is -0.477 e. The molecule has 0 saturated heterocycles. The monoisotopic (exact) mass is 576 g/mol. The predicted octanol–water partition coefficient (Wildman–Crippen LogP) is 8.10. The number of hydrogen-bond acceptors (Lipinski definition) is 6. The molecule has 4 rings (SSSR count). The Morgan fingerprint density at radius 1 is 0.763 bits per heavy atom. The van der Waals surface area contributed by atoms with E-state index >= 15 is 0 Å². The van der Waals surface area contributed by atoms with Gasteiger partial charge in [-0.1, -0.05) is 31.7 Å². The standard InChI is InChI=1S/C12H8F3NO2S.C12H10F3NOS.CH4/c1-6-9(11(17)18)19-10(16-6)7-2-4-8(5-3-7)12(13,14)15;1-7-10(6-17)18-11(16-7)8-2-4-9(5-3-8)12(13,14)15;/h2-5H,1H3,(H,17,18);2-5,17H,6H2,1H3;1H4. The third kappa shape index (κ3) is 7.39. The first kappa shape index (κ1) is 30.9. The van der Waals surface area contributed by atoms with Crippen molar-refractivity contribution >= 4 is 28.6 Å². The lowest BCUT2D eigenvalue weighted by atomic mass is 10.1. The summed E-state index contributed by atoms with van der Waals surface area (Å²) >= 11 is 2.23. The summed E-state index contributed by atoms with van der Waals surface area (Å²) in [6.45, 7) is 3.20. The molecular weight excluding hydrogens is 554 g/mol. The Bertz CT molecular complexity index is 1380. The van der Waals surface area contributed by atoms with E-state index in [0.717, 1.165) is 40.5 Å². The van der Waals surface area contributed by atoms with Crippen LogP contribution < -0.4 is 0 Å². The summed E-state index contributed by atoms with van der Waals surface area (Å²) in [5.74, 6) is -1.09. The number of aliphatic hydroxyl groups excluding tert-OH is 1. The molecule has 0 aliphatic carbocycles. The molecule has 0 atom stereocenters. The van der Waals surface area contributed by atoms with E-state index in [2.05, 4.69) is 9.97 Å². The molecule has 0 saturated carbocycles. The van der Waals surface area contributed by atoms with Crippen LogP contribution in [0.4, 0.5) is 26.3 Å². The molecule has 0 unspecified atom stereocenters. The number of carboxylic acids is 1. The molecule has 0 amide bonds. The van der Waals surface area contributed by atoms with Crippen molar-refractivity contribution in [2.45, 2.75) is 40.2 Å². The van der Waals surface area contributed by atoms with Crippen LogP contribution in [0.5, 0.6) is 0 Å². The average molecular weight is 577 g/mol. The Morgan fingerprint density at radius 3 is 1.47 bits per heavy atom. The lowest BCUT2D eigenvalue weighted by Gasteiger charge is -2.06. The maximum Gasteiger partial charge on any atom is 0.416 e. The first-order chi connectivity index (χ1) is 17.2. The number of aliphatic hydroxyl groups is 1. The Kier molecular flexibility index (Phi) is 9.81. The molecule has 0 spiro atoms. The van der Waals surface area contributed by atoms with Crippen LogP contribution in [0.2, 0.25) is 0 Å². The van der Waals surface area contributed by atoms with E-state index in [1.165, 1.54) is 35.6 Å². The summed E-state index contributed by atoms with van der Waals surface area (Å²) < 4.78 is 74.4. The molecule has 4 aromatic rings. The van der Waals surface area contributed by atoms with Gasteiger partial charge in [-0.15, -0.1) is 22.7 Å². The van der Waals surface area contributed by atoms with Gasteiger partial charge in [0.15, 0.2) is 0 Å². The fraction of sp³-hybridized carbons (Fsp3) is 0.240. The van der Waals surface area contributed by atoms with Gasteiger partial charge >= 0.3 is 18.3 Å². The number of benzene rings is 2. The van der Waals surface area contributed by atoms with Gasteiger partial charge < -0.3 is 10.2 Å². The second-order valence-corrected chi connectivity index (χ2v) is 9.66. The van der Waals surface area contributed by atoms with Crippen LogP contribution in [-0.4, -0.2) is 26.2 Å². The summed E-state index contributed by atoms with van der Waals surface area (Å²) in [6.07, 6.45) is -8.71. The number of carboxylic acid groups (broad SMARTS) is 1. The molecule has 2 N–H and O–H groups in total. The number of thiazole rings is 2. The highest BCUT2D eigenvalue weighted by molar-refractivity contribution is 7.17. The van der Waals surface area contributed by atoms with Gasteiger partial charge in [0.05, 0.1) is 34.0 Å². The first-order valence-electron chi connectivity index (χ1n) is 10.3. The Labute approximate surface area is 222 Å². The highest BCUT2D eigenvalue weighted by Crippen LogP contribution is 2.34. The number of carbonyl (C=O) groups is 1. The number of rotatable bonds is 4. The molecule has 0 aliphatic heterocycles. The number of hydrogen-bond donors (Lipinski definition) is 2. The lowest BCUT2D eigenvalue weighted by Crippen LogP contribution is -2.03. The lowest BCUT2D eigenvalue weighted by molar-refractivity contribution is -0.138. The largest absolute Gasteiger partial charge is 0.477 e. The van der Waals surface area contributed by atoms with E-state index < -0.39 is 29.4 Å². The zero-order chi connectivity index (χ0) is 27.5. The summed E-state index contributed by atoms with van der Waals surface area (Å²) in [6, 6.07) is 9.32. The van der Waals surface area contributed by atoms with Gasteiger partial charge in [-0.05, 0) is 38.1 Å². The van der Waals surface area contributed by atoms with Gasteiger partial charge in [0.25, 0.3) is 0 Å². The second-order valence-electron chi connectivity index (χ2n) is 7.57. The highest BCUT2D eigenvalue weighted by atomic mass is 32.1. The van der Waals surface area contributed by atoms with Crippen LogP contribution >= 0.6 is 22.7 Å². The van der Waals surface area contributed by atoms with Crippen molar-refractivity contribution in [1.29, 1.82) is 0 Å². The third-order valence-electron chi connectivity index (χ3n) is 4.95. The van der Waals surface area contributed by atoms with Gasteiger partial charge in [-0.25, -0.2) is 14.8 Å². The predicted molar refractivity (Wildman–Crippen MR) is 134 cm³/mol. The van der Waals surface area contributed by atoms with Crippen LogP contribution in [0.25, 0.3) is 21.1 Å². The maximum absolute atomic E-state index is 12.4.